The van der Waals surface area contributed by atoms with Gasteiger partial charge in [0, 0.05) is 18.7 Å². The average molecular weight is 278 g/mol. The Morgan fingerprint density at radius 3 is 2.90 bits per heavy atom. The fourth-order valence-corrected chi connectivity index (χ4v) is 2.93. The van der Waals surface area contributed by atoms with Crippen molar-refractivity contribution >= 4 is 17.3 Å². The quantitative estimate of drug-likeness (QED) is 0.868. The van der Waals surface area contributed by atoms with E-state index in [-0.39, 0.29) is 11.7 Å². The van der Waals surface area contributed by atoms with Gasteiger partial charge in [-0.05, 0) is 37.0 Å². The molecule has 0 aliphatic heterocycles. The lowest BCUT2D eigenvalue weighted by Gasteiger charge is -2.30. The molecule has 1 fully saturated rings. The number of hydrogen-bond acceptors (Lipinski definition) is 2. The van der Waals surface area contributed by atoms with Crippen molar-refractivity contribution in [1.82, 2.24) is 0 Å². The lowest BCUT2D eigenvalue weighted by molar-refractivity contribution is -0.114. The second-order valence-electron chi connectivity index (χ2n) is 5.66. The van der Waals surface area contributed by atoms with Gasteiger partial charge in [-0.2, -0.15) is 0 Å². The number of rotatable bonds is 4. The number of carbonyl (C=O) groups is 1. The molecule has 3 nitrogen and oxygen atoms in total. The first kappa shape index (κ1) is 14.8. The second kappa shape index (κ2) is 6.73. The summed E-state index contributed by atoms with van der Waals surface area (Å²) in [6.45, 7) is 3.66. The summed E-state index contributed by atoms with van der Waals surface area (Å²) >= 11 is 0. The standard InChI is InChI=1S/C16H23FN2O/c1-3-12-5-4-6-13(9-12)19-16-10-14(18-11(2)20)7-8-15(16)17/h7-8,10,12-13,19H,3-6,9H2,1-2H3,(H,18,20). The van der Waals surface area contributed by atoms with E-state index in [0.717, 1.165) is 18.8 Å². The molecule has 1 amide bonds. The predicted molar refractivity (Wildman–Crippen MR) is 80.4 cm³/mol. The molecule has 20 heavy (non-hydrogen) atoms. The third kappa shape index (κ3) is 3.95. The molecule has 0 heterocycles. The number of nitrogens with one attached hydrogen (secondary N) is 2. The topological polar surface area (TPSA) is 41.1 Å². The van der Waals surface area contributed by atoms with Crippen molar-refractivity contribution in [2.45, 2.75) is 52.0 Å². The van der Waals surface area contributed by atoms with Gasteiger partial charge in [-0.1, -0.05) is 26.2 Å². The molecule has 4 heteroatoms. The van der Waals surface area contributed by atoms with Gasteiger partial charge in [0.15, 0.2) is 0 Å². The Kier molecular flexibility index (Phi) is 4.99. The first-order valence-corrected chi connectivity index (χ1v) is 7.42. The Balaban J connectivity index is 2.05. The van der Waals surface area contributed by atoms with E-state index < -0.39 is 0 Å². The Morgan fingerprint density at radius 1 is 1.40 bits per heavy atom. The van der Waals surface area contributed by atoms with E-state index in [0.29, 0.717) is 17.4 Å². The van der Waals surface area contributed by atoms with Crippen LogP contribution in [0.3, 0.4) is 0 Å². The molecule has 110 valence electrons. The van der Waals surface area contributed by atoms with Crippen LogP contribution in [0.4, 0.5) is 15.8 Å². The van der Waals surface area contributed by atoms with Crippen LogP contribution in [0.2, 0.25) is 0 Å². The maximum Gasteiger partial charge on any atom is 0.221 e. The first-order chi connectivity index (χ1) is 9.58. The van der Waals surface area contributed by atoms with Gasteiger partial charge in [-0.25, -0.2) is 4.39 Å². The highest BCUT2D eigenvalue weighted by Gasteiger charge is 2.21. The van der Waals surface area contributed by atoms with E-state index in [9.17, 15) is 9.18 Å². The smallest absolute Gasteiger partial charge is 0.221 e. The highest BCUT2D eigenvalue weighted by Crippen LogP contribution is 2.30. The molecule has 0 bridgehead atoms. The number of anilines is 2. The van der Waals surface area contributed by atoms with Gasteiger partial charge in [0.25, 0.3) is 0 Å². The van der Waals surface area contributed by atoms with Crippen LogP contribution in [0.5, 0.6) is 0 Å². The maximum atomic E-state index is 13.9. The number of halogens is 1. The van der Waals surface area contributed by atoms with Gasteiger partial charge in [-0.3, -0.25) is 4.79 Å². The molecule has 0 saturated heterocycles. The number of benzene rings is 1. The van der Waals surface area contributed by atoms with Crippen molar-refractivity contribution in [3.8, 4) is 0 Å². The Hall–Kier alpha value is -1.58. The zero-order valence-electron chi connectivity index (χ0n) is 12.2. The summed E-state index contributed by atoms with van der Waals surface area (Å²) in [6.07, 6.45) is 5.85. The molecule has 0 radical (unpaired) electrons. The number of carbonyl (C=O) groups excluding carboxylic acids is 1. The van der Waals surface area contributed by atoms with Gasteiger partial charge in [-0.15, -0.1) is 0 Å². The molecule has 2 N–H and O–H groups in total. The second-order valence-corrected chi connectivity index (χ2v) is 5.66. The van der Waals surface area contributed by atoms with Gasteiger partial charge in [0.05, 0.1) is 5.69 Å². The van der Waals surface area contributed by atoms with Gasteiger partial charge in [0.2, 0.25) is 5.91 Å². The van der Waals surface area contributed by atoms with Crippen LogP contribution < -0.4 is 10.6 Å². The van der Waals surface area contributed by atoms with E-state index in [1.54, 1.807) is 12.1 Å². The summed E-state index contributed by atoms with van der Waals surface area (Å²) < 4.78 is 13.9. The highest BCUT2D eigenvalue weighted by atomic mass is 19.1. The predicted octanol–water partition coefficient (Wildman–Crippen LogP) is 4.16. The molecule has 1 aliphatic carbocycles. The molecular formula is C16H23FN2O. The monoisotopic (exact) mass is 278 g/mol. The number of hydrogen-bond donors (Lipinski definition) is 2. The van der Waals surface area contributed by atoms with Gasteiger partial charge < -0.3 is 10.6 Å². The minimum Gasteiger partial charge on any atom is -0.380 e. The largest absolute Gasteiger partial charge is 0.380 e. The molecule has 2 rings (SSSR count). The minimum absolute atomic E-state index is 0.147. The van der Waals surface area contributed by atoms with Crippen molar-refractivity contribution in [2.24, 2.45) is 5.92 Å². The molecule has 1 saturated carbocycles. The van der Waals surface area contributed by atoms with E-state index in [1.807, 2.05) is 0 Å². The molecule has 1 aromatic carbocycles. The Morgan fingerprint density at radius 2 is 2.20 bits per heavy atom. The average Bonchev–Trinajstić information content (AvgIpc) is 2.42. The van der Waals surface area contributed by atoms with Crippen LogP contribution in [0, 0.1) is 11.7 Å². The van der Waals surface area contributed by atoms with Crippen molar-refractivity contribution < 1.29 is 9.18 Å². The molecule has 0 spiro atoms. The van der Waals surface area contributed by atoms with Gasteiger partial charge >= 0.3 is 0 Å². The SMILES string of the molecule is CCC1CCCC(Nc2cc(NC(C)=O)ccc2F)C1. The lowest BCUT2D eigenvalue weighted by Crippen LogP contribution is -2.27. The van der Waals surface area contributed by atoms with E-state index in [2.05, 4.69) is 17.6 Å². The van der Waals surface area contributed by atoms with Crippen LogP contribution in [0.15, 0.2) is 18.2 Å². The summed E-state index contributed by atoms with van der Waals surface area (Å²) in [5.74, 6) is 0.326. The molecule has 0 aromatic heterocycles. The van der Waals surface area contributed by atoms with Gasteiger partial charge in [0.1, 0.15) is 5.82 Å². The summed E-state index contributed by atoms with van der Waals surface area (Å²) in [7, 11) is 0. The maximum absolute atomic E-state index is 13.9. The first-order valence-electron chi connectivity index (χ1n) is 7.42. The molecule has 2 atom stereocenters. The van der Waals surface area contributed by atoms with E-state index in [4.69, 9.17) is 0 Å². The Labute approximate surface area is 120 Å². The summed E-state index contributed by atoms with van der Waals surface area (Å²) in [6, 6.07) is 4.98. The minimum atomic E-state index is -0.266. The third-order valence-corrected chi connectivity index (χ3v) is 4.01. The fourth-order valence-electron chi connectivity index (χ4n) is 2.93. The van der Waals surface area contributed by atoms with Crippen LogP contribution in [0.1, 0.15) is 46.0 Å². The normalized spacial score (nSPS) is 22.4. The van der Waals surface area contributed by atoms with Crippen LogP contribution in [-0.2, 0) is 4.79 Å². The molecule has 1 aliphatic rings. The van der Waals surface area contributed by atoms with Crippen molar-refractivity contribution in [1.29, 1.82) is 0 Å². The van der Waals surface area contributed by atoms with E-state index >= 15 is 0 Å². The summed E-state index contributed by atoms with van der Waals surface area (Å²) in [4.78, 5) is 11.1. The Bertz CT molecular complexity index is 476. The highest BCUT2D eigenvalue weighted by molar-refractivity contribution is 5.89. The third-order valence-electron chi connectivity index (χ3n) is 4.01. The molecule has 2 unspecified atom stereocenters. The van der Waals surface area contributed by atoms with Crippen LogP contribution in [-0.4, -0.2) is 11.9 Å². The number of amides is 1. The van der Waals surface area contributed by atoms with Crippen molar-refractivity contribution in [3.63, 3.8) is 0 Å². The van der Waals surface area contributed by atoms with E-state index in [1.165, 1.54) is 32.3 Å². The summed E-state index contributed by atoms with van der Waals surface area (Å²) in [5.41, 5.74) is 1.11. The zero-order valence-corrected chi connectivity index (χ0v) is 12.2. The van der Waals surface area contributed by atoms with Crippen LogP contribution >= 0.6 is 0 Å². The fraction of sp³-hybridized carbons (Fsp3) is 0.562. The molecular weight excluding hydrogens is 255 g/mol. The van der Waals surface area contributed by atoms with Crippen LogP contribution in [0.25, 0.3) is 0 Å². The summed E-state index contributed by atoms with van der Waals surface area (Å²) in [5, 5.41) is 5.98. The van der Waals surface area contributed by atoms with Crippen molar-refractivity contribution in [3.05, 3.63) is 24.0 Å². The zero-order chi connectivity index (χ0) is 14.5. The molecule has 1 aromatic rings. The lowest BCUT2D eigenvalue weighted by atomic mass is 9.84. The van der Waals surface area contributed by atoms with Crippen molar-refractivity contribution in [2.75, 3.05) is 10.6 Å².